The van der Waals surface area contributed by atoms with Crippen molar-refractivity contribution in [2.24, 2.45) is 17.8 Å². The molecule has 0 saturated heterocycles. The number of fused-ring (bicyclic) bond motifs is 1. The maximum Gasteiger partial charge on any atom is 0.317 e. The second-order valence-corrected chi connectivity index (χ2v) is 5.71. The number of halogens is 1. The summed E-state index contributed by atoms with van der Waals surface area (Å²) in [5.41, 5.74) is 1.37. The predicted octanol–water partition coefficient (Wildman–Crippen LogP) is 2.67. The zero-order valence-electron chi connectivity index (χ0n) is 8.83. The topological polar surface area (TPSA) is 26.3 Å². The highest BCUT2D eigenvalue weighted by Crippen LogP contribution is 2.62. The fourth-order valence-electron chi connectivity index (χ4n) is 3.68. The van der Waals surface area contributed by atoms with Gasteiger partial charge in [0.1, 0.15) is 10.9 Å². The number of carbonyl (C=O) groups is 1. The summed E-state index contributed by atoms with van der Waals surface area (Å²) in [5, 5.41) is 0.310. The molecule has 5 aliphatic rings. The zero-order valence-corrected chi connectivity index (χ0v) is 10.4. The highest BCUT2D eigenvalue weighted by molar-refractivity contribution is 9.09. The van der Waals surface area contributed by atoms with Crippen molar-refractivity contribution < 1.29 is 9.53 Å². The molecule has 0 N–H and O–H groups in total. The molecule has 0 aromatic rings. The normalized spacial score (nSPS) is 45.7. The van der Waals surface area contributed by atoms with Crippen molar-refractivity contribution in [2.45, 2.75) is 31.8 Å². The average Bonchev–Trinajstić information content (AvgIpc) is 2.18. The molecule has 0 aromatic carbocycles. The van der Waals surface area contributed by atoms with Crippen LogP contribution < -0.4 is 0 Å². The van der Waals surface area contributed by atoms with Crippen LogP contribution in [-0.2, 0) is 9.53 Å². The van der Waals surface area contributed by atoms with E-state index in [1.807, 2.05) is 0 Å². The van der Waals surface area contributed by atoms with Gasteiger partial charge in [-0.3, -0.25) is 4.79 Å². The highest BCUT2D eigenvalue weighted by Gasteiger charge is 2.60. The minimum Gasteiger partial charge on any atom is -0.458 e. The SMILES string of the molecule is CC1(OC(=O)CBr)C2CC=C3C(C2)CC31. The van der Waals surface area contributed by atoms with Crippen molar-refractivity contribution >= 4 is 21.9 Å². The highest BCUT2D eigenvalue weighted by atomic mass is 79.9. The smallest absolute Gasteiger partial charge is 0.317 e. The Morgan fingerprint density at radius 2 is 2.47 bits per heavy atom. The number of hydrogen-bond donors (Lipinski definition) is 0. The van der Waals surface area contributed by atoms with Crippen molar-refractivity contribution in [3.05, 3.63) is 11.6 Å². The van der Waals surface area contributed by atoms with Crippen LogP contribution in [0.2, 0.25) is 0 Å². The van der Waals surface area contributed by atoms with Gasteiger partial charge >= 0.3 is 5.97 Å². The molecule has 0 radical (unpaired) electrons. The molecule has 0 spiro atoms. The number of allylic oxidation sites excluding steroid dienone is 1. The molecule has 3 fully saturated rings. The number of rotatable bonds is 2. The Morgan fingerprint density at radius 1 is 1.67 bits per heavy atom. The second-order valence-electron chi connectivity index (χ2n) is 5.15. The molecule has 82 valence electrons. The Morgan fingerprint density at radius 3 is 3.00 bits per heavy atom. The van der Waals surface area contributed by atoms with Crippen LogP contribution in [0.4, 0.5) is 0 Å². The molecule has 0 aliphatic heterocycles. The van der Waals surface area contributed by atoms with E-state index in [0.29, 0.717) is 17.2 Å². The van der Waals surface area contributed by atoms with Crippen LogP contribution in [0.3, 0.4) is 0 Å². The maximum atomic E-state index is 11.4. The largest absolute Gasteiger partial charge is 0.458 e. The molecule has 15 heavy (non-hydrogen) atoms. The summed E-state index contributed by atoms with van der Waals surface area (Å²) in [6, 6.07) is 0. The van der Waals surface area contributed by atoms with Crippen molar-refractivity contribution in [2.75, 3.05) is 5.33 Å². The molecule has 5 rings (SSSR count). The molecule has 4 bridgehead atoms. The Kier molecular flexibility index (Phi) is 2.04. The number of esters is 1. The lowest BCUT2D eigenvalue weighted by Gasteiger charge is -2.61. The Bertz CT molecular complexity index is 350. The van der Waals surface area contributed by atoms with Gasteiger partial charge in [-0.05, 0) is 32.1 Å². The first-order valence-corrected chi connectivity index (χ1v) is 6.75. The van der Waals surface area contributed by atoms with E-state index < -0.39 is 0 Å². The van der Waals surface area contributed by atoms with E-state index in [2.05, 4.69) is 28.9 Å². The van der Waals surface area contributed by atoms with E-state index in [-0.39, 0.29) is 11.6 Å². The first-order chi connectivity index (χ1) is 7.15. The summed E-state index contributed by atoms with van der Waals surface area (Å²) in [6.45, 7) is 2.13. The summed E-state index contributed by atoms with van der Waals surface area (Å²) in [5.74, 6) is 1.79. The third-order valence-corrected chi connectivity index (χ3v) is 5.00. The van der Waals surface area contributed by atoms with E-state index in [0.717, 1.165) is 12.3 Å². The number of ether oxygens (including phenoxy) is 1. The van der Waals surface area contributed by atoms with Gasteiger partial charge in [0.05, 0.1) is 0 Å². The van der Waals surface area contributed by atoms with Gasteiger partial charge in [0.2, 0.25) is 0 Å². The van der Waals surface area contributed by atoms with E-state index >= 15 is 0 Å². The summed E-state index contributed by atoms with van der Waals surface area (Å²) in [7, 11) is 0. The Labute approximate surface area is 98.2 Å². The van der Waals surface area contributed by atoms with Gasteiger partial charge < -0.3 is 4.74 Å². The number of hydrogen-bond acceptors (Lipinski definition) is 2. The molecule has 5 aliphatic carbocycles. The van der Waals surface area contributed by atoms with Crippen LogP contribution in [0.25, 0.3) is 0 Å². The maximum absolute atomic E-state index is 11.4. The molecule has 0 amide bonds. The van der Waals surface area contributed by atoms with E-state index in [4.69, 9.17) is 4.74 Å². The van der Waals surface area contributed by atoms with Crippen LogP contribution in [0.1, 0.15) is 26.2 Å². The summed E-state index contributed by atoms with van der Waals surface area (Å²) in [4.78, 5) is 11.4. The van der Waals surface area contributed by atoms with Gasteiger partial charge in [0.25, 0.3) is 0 Å². The Hall–Kier alpha value is -0.310. The van der Waals surface area contributed by atoms with Gasteiger partial charge in [-0.2, -0.15) is 0 Å². The van der Waals surface area contributed by atoms with Gasteiger partial charge in [-0.25, -0.2) is 0 Å². The molecular formula is C12H15BrO2. The van der Waals surface area contributed by atoms with Crippen LogP contribution in [0.15, 0.2) is 11.6 Å². The predicted molar refractivity (Wildman–Crippen MR) is 60.7 cm³/mol. The van der Waals surface area contributed by atoms with Gasteiger partial charge in [0.15, 0.2) is 0 Å². The molecule has 0 heterocycles. The first kappa shape index (κ1) is 9.88. The monoisotopic (exact) mass is 270 g/mol. The molecule has 3 saturated carbocycles. The van der Waals surface area contributed by atoms with Crippen LogP contribution in [0.5, 0.6) is 0 Å². The van der Waals surface area contributed by atoms with Gasteiger partial charge in [-0.1, -0.05) is 27.6 Å². The lowest BCUT2D eigenvalue weighted by Crippen LogP contribution is -2.60. The third kappa shape index (κ3) is 1.19. The van der Waals surface area contributed by atoms with Crippen LogP contribution in [-0.4, -0.2) is 16.9 Å². The van der Waals surface area contributed by atoms with Crippen molar-refractivity contribution in [1.29, 1.82) is 0 Å². The fraction of sp³-hybridized carbons (Fsp3) is 0.750. The molecule has 3 heteroatoms. The van der Waals surface area contributed by atoms with E-state index in [9.17, 15) is 4.79 Å². The van der Waals surface area contributed by atoms with Crippen molar-refractivity contribution in [1.82, 2.24) is 0 Å². The lowest BCUT2D eigenvalue weighted by atomic mass is 9.47. The lowest BCUT2D eigenvalue weighted by molar-refractivity contribution is -0.185. The summed E-state index contributed by atoms with van der Waals surface area (Å²) in [6.07, 6.45) is 5.95. The van der Waals surface area contributed by atoms with Crippen molar-refractivity contribution in [3.8, 4) is 0 Å². The van der Waals surface area contributed by atoms with Crippen molar-refractivity contribution in [3.63, 3.8) is 0 Å². The first-order valence-electron chi connectivity index (χ1n) is 5.63. The van der Waals surface area contributed by atoms with E-state index in [1.54, 1.807) is 5.57 Å². The van der Waals surface area contributed by atoms with Gasteiger partial charge in [0, 0.05) is 11.8 Å². The van der Waals surface area contributed by atoms with Crippen LogP contribution >= 0.6 is 15.9 Å². The summed E-state index contributed by atoms with van der Waals surface area (Å²) >= 11 is 3.16. The molecule has 0 aromatic heterocycles. The number of carbonyl (C=O) groups excluding carboxylic acids is 1. The summed E-state index contributed by atoms with van der Waals surface area (Å²) < 4.78 is 5.69. The minimum atomic E-state index is -0.205. The quantitative estimate of drug-likeness (QED) is 0.438. The molecular weight excluding hydrogens is 256 g/mol. The average molecular weight is 271 g/mol. The standard InChI is InChI=1S/C12H15BrO2/c1-12(15-11(14)6-13)8-2-3-9-7(4-8)5-10(9)12/h3,7-8,10H,2,4-6H2,1H3. The molecule has 2 nitrogen and oxygen atoms in total. The second kappa shape index (κ2) is 3.09. The fourth-order valence-corrected chi connectivity index (χ4v) is 3.80. The molecule has 4 unspecified atom stereocenters. The Balaban J connectivity index is 1.87. The minimum absolute atomic E-state index is 0.117. The molecule has 4 atom stereocenters. The van der Waals surface area contributed by atoms with Crippen LogP contribution in [0, 0.1) is 17.8 Å². The van der Waals surface area contributed by atoms with Gasteiger partial charge in [-0.15, -0.1) is 0 Å². The third-order valence-electron chi connectivity index (χ3n) is 4.55. The van der Waals surface area contributed by atoms with E-state index in [1.165, 1.54) is 12.8 Å². The zero-order chi connectivity index (χ0) is 10.6. The number of alkyl halides is 1.